The van der Waals surface area contributed by atoms with Crippen molar-refractivity contribution in [2.45, 2.75) is 13.8 Å². The second-order valence-electron chi connectivity index (χ2n) is 3.97. The van der Waals surface area contributed by atoms with E-state index in [2.05, 4.69) is 4.98 Å². The molecule has 0 atom stereocenters. The van der Waals surface area contributed by atoms with Gasteiger partial charge in [-0.05, 0) is 37.1 Å². The quantitative estimate of drug-likeness (QED) is 0.902. The molecule has 0 aliphatic heterocycles. The van der Waals surface area contributed by atoms with Crippen LogP contribution in [-0.2, 0) is 0 Å². The molecule has 0 saturated carbocycles. The first-order valence-electron chi connectivity index (χ1n) is 5.37. The lowest BCUT2D eigenvalue weighted by Crippen LogP contribution is -1.94. The van der Waals surface area contributed by atoms with Crippen molar-refractivity contribution in [2.24, 2.45) is 0 Å². The Balaban J connectivity index is 2.50. The van der Waals surface area contributed by atoms with Crippen molar-refractivity contribution in [1.82, 2.24) is 4.98 Å². The lowest BCUT2D eigenvalue weighted by molar-refractivity contribution is 0.0654. The van der Waals surface area contributed by atoms with E-state index >= 15 is 0 Å². The highest BCUT2D eigenvalue weighted by Crippen LogP contribution is 2.30. The van der Waals surface area contributed by atoms with Gasteiger partial charge < -0.3 is 14.3 Å². The fourth-order valence-corrected chi connectivity index (χ4v) is 1.77. The Morgan fingerprint density at radius 2 is 2.06 bits per heavy atom. The molecule has 1 aromatic heterocycles. The topological polar surface area (TPSA) is 72.6 Å². The molecule has 0 fully saturated rings. The van der Waals surface area contributed by atoms with Gasteiger partial charge in [0.25, 0.3) is 0 Å². The summed E-state index contributed by atoms with van der Waals surface area (Å²) in [5.41, 5.74) is 2.70. The van der Waals surface area contributed by atoms with Gasteiger partial charge in [0.15, 0.2) is 5.76 Å². The summed E-state index contributed by atoms with van der Waals surface area (Å²) in [6.45, 7) is 3.82. The zero-order valence-corrected chi connectivity index (χ0v) is 10.4. The average Bonchev–Trinajstić information content (AvgIpc) is 2.81. The van der Waals surface area contributed by atoms with Gasteiger partial charge in [0.05, 0.1) is 13.3 Å². The summed E-state index contributed by atoms with van der Waals surface area (Å²) in [5, 5.41) is 8.77. The predicted octanol–water partition coefficient (Wildman–Crippen LogP) is 2.67. The molecule has 18 heavy (non-hydrogen) atoms. The van der Waals surface area contributed by atoms with Crippen LogP contribution in [0.25, 0.3) is 11.3 Å². The first-order valence-corrected chi connectivity index (χ1v) is 5.37. The van der Waals surface area contributed by atoms with Crippen LogP contribution >= 0.6 is 0 Å². The van der Waals surface area contributed by atoms with Crippen LogP contribution < -0.4 is 4.74 Å². The van der Waals surface area contributed by atoms with Gasteiger partial charge in [0, 0.05) is 5.56 Å². The number of hydrogen-bond acceptors (Lipinski definition) is 4. The number of hydrogen-bond donors (Lipinski definition) is 1. The maximum absolute atomic E-state index is 10.7. The summed E-state index contributed by atoms with van der Waals surface area (Å²) < 4.78 is 10.4. The minimum Gasteiger partial charge on any atom is -0.496 e. The Morgan fingerprint density at radius 3 is 2.61 bits per heavy atom. The van der Waals surface area contributed by atoms with Crippen molar-refractivity contribution in [2.75, 3.05) is 7.11 Å². The number of aryl methyl sites for hydroxylation is 2. The highest BCUT2D eigenvalue weighted by atomic mass is 16.5. The number of ether oxygens (including phenoxy) is 1. The Labute approximate surface area is 104 Å². The van der Waals surface area contributed by atoms with Gasteiger partial charge in [0.2, 0.25) is 0 Å². The first kappa shape index (κ1) is 12.2. The molecule has 0 unspecified atom stereocenters. The molecule has 0 radical (unpaired) electrons. The van der Waals surface area contributed by atoms with Crippen LogP contribution in [0.2, 0.25) is 0 Å². The number of aromatic nitrogens is 1. The monoisotopic (exact) mass is 247 g/mol. The molecule has 2 rings (SSSR count). The Kier molecular flexibility index (Phi) is 3.06. The van der Waals surface area contributed by atoms with Gasteiger partial charge in [-0.2, -0.15) is 0 Å². The predicted molar refractivity (Wildman–Crippen MR) is 64.9 cm³/mol. The van der Waals surface area contributed by atoms with E-state index in [1.165, 1.54) is 6.20 Å². The molecule has 94 valence electrons. The third-order valence-corrected chi connectivity index (χ3v) is 2.70. The molecule has 0 aliphatic carbocycles. The number of aromatic carboxylic acids is 1. The number of oxazole rings is 1. The largest absolute Gasteiger partial charge is 0.496 e. The first-order chi connectivity index (χ1) is 8.52. The third-order valence-electron chi connectivity index (χ3n) is 2.70. The highest BCUT2D eigenvalue weighted by molar-refractivity contribution is 5.82. The molecule has 5 nitrogen and oxygen atoms in total. The summed E-state index contributed by atoms with van der Waals surface area (Å²) in [5.74, 6) is -0.258. The van der Waals surface area contributed by atoms with Gasteiger partial charge in [-0.25, -0.2) is 9.78 Å². The van der Waals surface area contributed by atoms with E-state index in [0.717, 1.165) is 22.4 Å². The smallest absolute Gasteiger partial charge is 0.392 e. The van der Waals surface area contributed by atoms with Crippen molar-refractivity contribution in [3.8, 4) is 17.1 Å². The van der Waals surface area contributed by atoms with Gasteiger partial charge >= 0.3 is 11.9 Å². The van der Waals surface area contributed by atoms with Gasteiger partial charge in [-0.3, -0.25) is 0 Å². The van der Waals surface area contributed by atoms with Crippen LogP contribution in [0, 0.1) is 13.8 Å². The molecule has 1 heterocycles. The van der Waals surface area contributed by atoms with Crippen molar-refractivity contribution < 1.29 is 19.1 Å². The molecular formula is C13H13NO4. The van der Waals surface area contributed by atoms with E-state index in [0.29, 0.717) is 5.76 Å². The number of rotatable bonds is 3. The van der Waals surface area contributed by atoms with E-state index in [-0.39, 0.29) is 5.89 Å². The molecule has 0 aliphatic rings. The zero-order chi connectivity index (χ0) is 13.3. The molecule has 1 aromatic carbocycles. The number of methoxy groups -OCH3 is 1. The van der Waals surface area contributed by atoms with Crippen molar-refractivity contribution in [1.29, 1.82) is 0 Å². The van der Waals surface area contributed by atoms with E-state index in [4.69, 9.17) is 14.3 Å². The minimum atomic E-state index is -1.18. The Morgan fingerprint density at radius 1 is 1.33 bits per heavy atom. The number of nitrogens with zero attached hydrogens (tertiary/aromatic N) is 1. The van der Waals surface area contributed by atoms with Gasteiger partial charge in [-0.1, -0.05) is 0 Å². The van der Waals surface area contributed by atoms with Crippen molar-refractivity contribution >= 4 is 5.97 Å². The Hall–Kier alpha value is -2.30. The lowest BCUT2D eigenvalue weighted by Gasteiger charge is -2.09. The van der Waals surface area contributed by atoms with E-state index in [1.807, 2.05) is 26.0 Å². The fraction of sp³-hybridized carbons (Fsp3) is 0.231. The lowest BCUT2D eigenvalue weighted by atomic mass is 10.0. The van der Waals surface area contributed by atoms with Crippen LogP contribution in [0.1, 0.15) is 21.8 Å². The zero-order valence-electron chi connectivity index (χ0n) is 10.4. The second kappa shape index (κ2) is 4.52. The van der Waals surface area contributed by atoms with E-state index in [9.17, 15) is 4.79 Å². The molecule has 0 saturated heterocycles. The summed E-state index contributed by atoms with van der Waals surface area (Å²) in [7, 11) is 1.61. The van der Waals surface area contributed by atoms with Crippen molar-refractivity contribution in [3.05, 3.63) is 35.3 Å². The third kappa shape index (κ3) is 2.07. The number of carbonyl (C=O) groups is 1. The second-order valence-corrected chi connectivity index (χ2v) is 3.97. The molecule has 5 heteroatoms. The summed E-state index contributed by atoms with van der Waals surface area (Å²) in [6.07, 6.45) is 1.41. The summed E-state index contributed by atoms with van der Waals surface area (Å²) in [6, 6.07) is 3.77. The van der Waals surface area contributed by atoms with E-state index < -0.39 is 5.97 Å². The Bertz CT molecular complexity index is 601. The normalized spacial score (nSPS) is 10.4. The van der Waals surface area contributed by atoms with Gasteiger partial charge in [0.1, 0.15) is 5.75 Å². The standard InChI is InChI=1S/C13H13NO4/c1-7-5-10(17-3)8(2)4-9(7)11-6-14-12(18-11)13(15)16/h4-6H,1-3H3,(H,15,16). The minimum absolute atomic E-state index is 0.308. The number of carboxylic acid groups (broad SMARTS) is 1. The fourth-order valence-electron chi connectivity index (χ4n) is 1.77. The molecule has 0 spiro atoms. The van der Waals surface area contributed by atoms with Crippen LogP contribution in [0.15, 0.2) is 22.7 Å². The average molecular weight is 247 g/mol. The molecule has 2 aromatic rings. The highest BCUT2D eigenvalue weighted by Gasteiger charge is 2.15. The number of carboxylic acids is 1. The van der Waals surface area contributed by atoms with E-state index in [1.54, 1.807) is 7.11 Å². The molecular weight excluding hydrogens is 234 g/mol. The van der Waals surface area contributed by atoms with Gasteiger partial charge in [-0.15, -0.1) is 0 Å². The van der Waals surface area contributed by atoms with Crippen LogP contribution in [0.3, 0.4) is 0 Å². The summed E-state index contributed by atoms with van der Waals surface area (Å²) in [4.78, 5) is 14.4. The maximum atomic E-state index is 10.7. The molecule has 0 amide bonds. The van der Waals surface area contributed by atoms with Crippen LogP contribution in [0.5, 0.6) is 5.75 Å². The number of benzene rings is 1. The molecule has 0 bridgehead atoms. The van der Waals surface area contributed by atoms with Crippen molar-refractivity contribution in [3.63, 3.8) is 0 Å². The van der Waals surface area contributed by atoms with Crippen LogP contribution in [-0.4, -0.2) is 23.2 Å². The maximum Gasteiger partial charge on any atom is 0.392 e. The van der Waals surface area contributed by atoms with Crippen LogP contribution in [0.4, 0.5) is 0 Å². The summed E-state index contributed by atoms with van der Waals surface area (Å²) >= 11 is 0. The SMILES string of the molecule is COc1cc(C)c(-c2cnc(C(=O)O)o2)cc1C. The molecule has 1 N–H and O–H groups in total.